The molecule has 4 nitrogen and oxygen atoms in total. The number of ketones is 1. The zero-order valence-corrected chi connectivity index (χ0v) is 18.3. The second kappa shape index (κ2) is 8.09. The van der Waals surface area contributed by atoms with Crippen molar-refractivity contribution >= 4 is 16.8 Å². The molecule has 0 radical (unpaired) electrons. The first kappa shape index (κ1) is 21.0. The van der Waals surface area contributed by atoms with Crippen LogP contribution < -0.4 is 17.1 Å². The third kappa shape index (κ3) is 3.63. The summed E-state index contributed by atoms with van der Waals surface area (Å²) in [5.41, 5.74) is 2.69. The van der Waals surface area contributed by atoms with Crippen molar-refractivity contribution in [3.05, 3.63) is 54.3 Å². The first-order valence-electron chi connectivity index (χ1n) is 10.6. The summed E-state index contributed by atoms with van der Waals surface area (Å²) in [6.07, 6.45) is 3.11. The van der Waals surface area contributed by atoms with E-state index >= 15 is 0 Å². The van der Waals surface area contributed by atoms with Crippen molar-refractivity contribution in [2.24, 2.45) is 11.8 Å². The number of halogens is 1. The summed E-state index contributed by atoms with van der Waals surface area (Å²) in [6, 6.07) is 15.9. The fraction of sp³-hybridized carbons (Fsp3) is 0.400. The molecule has 0 aliphatic carbocycles. The number of carbonyl (C=O) groups is 1. The summed E-state index contributed by atoms with van der Waals surface area (Å²) >= 11 is 0. The van der Waals surface area contributed by atoms with Gasteiger partial charge in [-0.25, -0.2) is 0 Å². The minimum atomic E-state index is 0. The molecule has 0 saturated carbocycles. The summed E-state index contributed by atoms with van der Waals surface area (Å²) in [4.78, 5) is 13.1. The molecular formula is C25H28ClNO3. The van der Waals surface area contributed by atoms with Gasteiger partial charge in [-0.05, 0) is 18.1 Å². The van der Waals surface area contributed by atoms with Crippen molar-refractivity contribution in [2.75, 3.05) is 33.8 Å². The van der Waals surface area contributed by atoms with Crippen LogP contribution in [0.25, 0.3) is 22.1 Å². The fourth-order valence-electron chi connectivity index (χ4n) is 5.43. The zero-order chi connectivity index (χ0) is 20.0. The number of benzene rings is 2. The van der Waals surface area contributed by atoms with Gasteiger partial charge in [-0.3, -0.25) is 4.79 Å². The van der Waals surface area contributed by atoms with Crippen molar-refractivity contribution in [3.63, 3.8) is 0 Å². The average molecular weight is 426 g/mol. The van der Waals surface area contributed by atoms with Gasteiger partial charge in [0.2, 0.25) is 0 Å². The topological polar surface area (TPSA) is 39.4 Å². The van der Waals surface area contributed by atoms with E-state index in [0.717, 1.165) is 38.9 Å². The molecule has 5 heteroatoms. The lowest BCUT2D eigenvalue weighted by Gasteiger charge is -2.50. The lowest BCUT2D eigenvalue weighted by Crippen LogP contribution is -3.00. The van der Waals surface area contributed by atoms with Gasteiger partial charge in [0, 0.05) is 41.7 Å². The van der Waals surface area contributed by atoms with E-state index in [0.29, 0.717) is 24.0 Å². The van der Waals surface area contributed by atoms with Crippen molar-refractivity contribution in [2.45, 2.75) is 19.3 Å². The largest absolute Gasteiger partial charge is 1.00 e. The lowest BCUT2D eigenvalue weighted by atomic mass is 9.75. The molecule has 0 spiro atoms. The summed E-state index contributed by atoms with van der Waals surface area (Å²) < 4.78 is 12.8. The minimum absolute atomic E-state index is 0. The summed E-state index contributed by atoms with van der Waals surface area (Å²) in [5, 5.41) is 0.963. The number of quaternary nitrogens is 1. The Bertz CT molecular complexity index is 1070. The maximum absolute atomic E-state index is 13.1. The minimum Gasteiger partial charge on any atom is -1.00 e. The number of Topliss-reactive ketones (excluding diaryl/α,β-unsaturated/α-hetero) is 1. The van der Waals surface area contributed by atoms with E-state index in [1.807, 2.05) is 48.5 Å². The van der Waals surface area contributed by atoms with E-state index in [4.69, 9.17) is 9.15 Å². The van der Waals surface area contributed by atoms with Gasteiger partial charge in [0.05, 0.1) is 33.8 Å². The Morgan fingerprint density at radius 3 is 2.57 bits per heavy atom. The molecule has 30 heavy (non-hydrogen) atoms. The Labute approximate surface area is 183 Å². The maximum Gasteiger partial charge on any atom is 0.198 e. The molecule has 0 amide bonds. The van der Waals surface area contributed by atoms with Gasteiger partial charge >= 0.3 is 0 Å². The molecule has 1 aromatic heterocycles. The molecule has 3 fully saturated rings. The lowest BCUT2D eigenvalue weighted by molar-refractivity contribution is -0.929. The summed E-state index contributed by atoms with van der Waals surface area (Å²) in [5.74, 6) is 2.61. The van der Waals surface area contributed by atoms with Crippen LogP contribution in [0.15, 0.2) is 52.9 Å². The van der Waals surface area contributed by atoms with E-state index in [2.05, 4.69) is 7.05 Å². The van der Waals surface area contributed by atoms with Gasteiger partial charge in [0.1, 0.15) is 11.3 Å². The Balaban J connectivity index is 0.00000218. The molecule has 3 aliphatic rings. The number of rotatable bonds is 5. The highest BCUT2D eigenvalue weighted by atomic mass is 35.5. The van der Waals surface area contributed by atoms with Crippen LogP contribution in [-0.2, 0) is 0 Å². The number of nitrogens with zero attached hydrogens (tertiary/aromatic N) is 1. The standard InChI is InChI=1S/C25H28NO3.ClH/c1-26-12-10-17(11-13-26)19(16-26)14-22(27)24-15-18-6-5-8-21(25(18)29-24)20-7-3-4-9-23(20)28-2;/h3-9,15,17,19H,10-14,16H2,1-2H3;1H/q+1;/p-1/t17?,19-,26?;/m0./s1. The molecule has 3 aromatic rings. The van der Waals surface area contributed by atoms with E-state index in [-0.39, 0.29) is 18.2 Å². The highest BCUT2D eigenvalue weighted by Crippen LogP contribution is 2.40. The van der Waals surface area contributed by atoms with E-state index in [9.17, 15) is 4.79 Å². The first-order chi connectivity index (χ1) is 14.1. The molecule has 158 valence electrons. The second-order valence-electron chi connectivity index (χ2n) is 9.01. The van der Waals surface area contributed by atoms with Gasteiger partial charge in [-0.1, -0.05) is 36.4 Å². The normalized spacial score (nSPS) is 25.1. The van der Waals surface area contributed by atoms with Crippen LogP contribution in [-0.4, -0.2) is 44.1 Å². The second-order valence-corrected chi connectivity index (χ2v) is 9.01. The highest BCUT2D eigenvalue weighted by molar-refractivity contribution is 6.01. The number of fused-ring (bicyclic) bond motifs is 4. The van der Waals surface area contributed by atoms with Crippen LogP contribution in [0.4, 0.5) is 0 Å². The monoisotopic (exact) mass is 425 g/mol. The van der Waals surface area contributed by atoms with E-state index in [1.54, 1.807) is 7.11 Å². The Morgan fingerprint density at radius 1 is 1.10 bits per heavy atom. The molecule has 2 bridgehead atoms. The Hall–Kier alpha value is -2.30. The number of methoxy groups -OCH3 is 1. The number of ether oxygens (including phenoxy) is 1. The third-order valence-electron chi connectivity index (χ3n) is 7.09. The highest BCUT2D eigenvalue weighted by Gasteiger charge is 2.44. The molecule has 6 rings (SSSR count). The SMILES string of the molecule is COc1ccccc1-c1cccc2cc(C(=O)C[C@H]3C[N+]4(C)CCC3CC4)oc12.[Cl-]. The van der Waals surface area contributed by atoms with Crippen LogP contribution in [0.5, 0.6) is 5.75 Å². The van der Waals surface area contributed by atoms with E-state index < -0.39 is 0 Å². The Morgan fingerprint density at radius 2 is 1.83 bits per heavy atom. The fourth-order valence-corrected chi connectivity index (χ4v) is 5.43. The molecule has 2 aromatic carbocycles. The average Bonchev–Trinajstić information content (AvgIpc) is 3.18. The number of hydrogen-bond acceptors (Lipinski definition) is 3. The third-order valence-corrected chi connectivity index (χ3v) is 7.09. The zero-order valence-electron chi connectivity index (χ0n) is 17.6. The van der Waals surface area contributed by atoms with Gasteiger partial charge in [-0.15, -0.1) is 0 Å². The van der Waals surface area contributed by atoms with Gasteiger partial charge < -0.3 is 26.0 Å². The number of furan rings is 1. The molecule has 3 aliphatic heterocycles. The smallest absolute Gasteiger partial charge is 0.198 e. The van der Waals surface area contributed by atoms with Gasteiger partial charge in [0.15, 0.2) is 11.5 Å². The van der Waals surface area contributed by atoms with E-state index in [1.165, 1.54) is 25.9 Å². The quantitative estimate of drug-likeness (QED) is 0.464. The Kier molecular flexibility index (Phi) is 5.65. The van der Waals surface area contributed by atoms with Crippen LogP contribution in [0.2, 0.25) is 0 Å². The van der Waals surface area contributed by atoms with Crippen LogP contribution in [0.3, 0.4) is 0 Å². The number of carbonyl (C=O) groups excluding carboxylic acids is 1. The van der Waals surface area contributed by atoms with Crippen molar-refractivity contribution in [1.82, 2.24) is 0 Å². The molecule has 0 unspecified atom stereocenters. The summed E-state index contributed by atoms with van der Waals surface area (Å²) in [7, 11) is 4.01. The van der Waals surface area contributed by atoms with Crippen LogP contribution in [0.1, 0.15) is 29.8 Å². The number of hydrogen-bond donors (Lipinski definition) is 0. The molecular weight excluding hydrogens is 398 g/mol. The van der Waals surface area contributed by atoms with Crippen molar-refractivity contribution in [1.29, 1.82) is 0 Å². The predicted octanol–water partition coefficient (Wildman–Crippen LogP) is 2.17. The number of piperidine rings is 3. The maximum atomic E-state index is 13.1. The van der Waals surface area contributed by atoms with Crippen LogP contribution in [0, 0.1) is 11.8 Å². The van der Waals surface area contributed by atoms with Gasteiger partial charge in [0.25, 0.3) is 0 Å². The van der Waals surface area contributed by atoms with Crippen molar-refractivity contribution < 1.29 is 30.8 Å². The molecule has 0 N–H and O–H groups in total. The van der Waals surface area contributed by atoms with Crippen molar-refractivity contribution in [3.8, 4) is 16.9 Å². The molecule has 4 heterocycles. The molecule has 1 atom stereocenters. The number of para-hydroxylation sites is 2. The first-order valence-corrected chi connectivity index (χ1v) is 10.6. The molecule has 3 saturated heterocycles. The van der Waals surface area contributed by atoms with Crippen LogP contribution >= 0.6 is 0 Å². The predicted molar refractivity (Wildman–Crippen MR) is 114 cm³/mol. The summed E-state index contributed by atoms with van der Waals surface area (Å²) in [6.45, 7) is 3.66. The van der Waals surface area contributed by atoms with Gasteiger partial charge in [-0.2, -0.15) is 0 Å².